The van der Waals surface area contributed by atoms with Gasteiger partial charge in [0.1, 0.15) is 5.82 Å². The first-order valence-corrected chi connectivity index (χ1v) is 9.11. The topological polar surface area (TPSA) is 70.8 Å². The lowest BCUT2D eigenvalue weighted by atomic mass is 10.2. The zero-order chi connectivity index (χ0) is 19.0. The Kier molecular flexibility index (Phi) is 4.75. The lowest BCUT2D eigenvalue weighted by Gasteiger charge is -2.34. The van der Waals surface area contributed by atoms with Crippen molar-refractivity contribution in [1.29, 1.82) is 0 Å². The van der Waals surface area contributed by atoms with Crippen LogP contribution in [0.5, 0.6) is 0 Å². The molecule has 1 N–H and O–H groups in total. The summed E-state index contributed by atoms with van der Waals surface area (Å²) in [5, 5.41) is -0.111. The van der Waals surface area contributed by atoms with Crippen molar-refractivity contribution in [3.63, 3.8) is 0 Å². The number of hydrogen-bond donors (Lipinski definition) is 1. The quantitative estimate of drug-likeness (QED) is 0.764. The zero-order valence-electron chi connectivity index (χ0n) is 14.4. The molecule has 27 heavy (non-hydrogen) atoms. The Bertz CT molecular complexity index is 873. The number of amides is 2. The van der Waals surface area contributed by atoms with Crippen LogP contribution in [-0.2, 0) is 9.59 Å². The summed E-state index contributed by atoms with van der Waals surface area (Å²) in [7, 11) is 0. The van der Waals surface area contributed by atoms with Crippen molar-refractivity contribution in [3.05, 3.63) is 47.5 Å². The lowest BCUT2D eigenvalue weighted by molar-refractivity contribution is -0.915. The summed E-state index contributed by atoms with van der Waals surface area (Å²) < 4.78 is 13.4. The average molecular weight is 391 g/mol. The van der Waals surface area contributed by atoms with Crippen LogP contribution in [-0.4, -0.2) is 54.0 Å². The molecular formula is C18H18ClFN5O2+. The van der Waals surface area contributed by atoms with E-state index in [1.54, 1.807) is 18.5 Å². The number of rotatable bonds is 3. The number of quaternary nitrogens is 1. The van der Waals surface area contributed by atoms with E-state index in [0.29, 0.717) is 37.8 Å². The molecule has 3 heterocycles. The number of benzene rings is 1. The molecule has 1 atom stereocenters. The van der Waals surface area contributed by atoms with Crippen LogP contribution in [0, 0.1) is 5.82 Å². The number of piperazine rings is 1. The second-order valence-electron chi connectivity index (χ2n) is 6.62. The minimum absolute atomic E-state index is 0.111. The number of halogens is 2. The molecule has 2 saturated heterocycles. The van der Waals surface area contributed by atoms with Gasteiger partial charge in [0, 0.05) is 12.4 Å². The molecule has 9 heteroatoms. The molecule has 140 valence electrons. The molecule has 1 aromatic heterocycles. The van der Waals surface area contributed by atoms with Crippen LogP contribution in [0.15, 0.2) is 36.7 Å². The highest BCUT2D eigenvalue weighted by Gasteiger charge is 2.46. The van der Waals surface area contributed by atoms with Crippen molar-refractivity contribution in [2.75, 3.05) is 36.0 Å². The largest absolute Gasteiger partial charge is 0.330 e. The van der Waals surface area contributed by atoms with E-state index in [9.17, 15) is 14.0 Å². The van der Waals surface area contributed by atoms with Gasteiger partial charge in [0.25, 0.3) is 5.91 Å². The first-order valence-electron chi connectivity index (χ1n) is 8.73. The van der Waals surface area contributed by atoms with Gasteiger partial charge in [-0.05, 0) is 24.3 Å². The van der Waals surface area contributed by atoms with Gasteiger partial charge in [0.05, 0.1) is 43.3 Å². The summed E-state index contributed by atoms with van der Waals surface area (Å²) in [5.41, 5.74) is 0.314. The van der Waals surface area contributed by atoms with Gasteiger partial charge in [-0.1, -0.05) is 11.6 Å². The summed E-state index contributed by atoms with van der Waals surface area (Å²) in [6.07, 6.45) is 3.55. The Morgan fingerprint density at radius 1 is 1.15 bits per heavy atom. The molecule has 2 aromatic rings. The van der Waals surface area contributed by atoms with Gasteiger partial charge < -0.3 is 9.80 Å². The predicted octanol–water partition coefficient (Wildman–Crippen LogP) is 0.306. The molecule has 0 saturated carbocycles. The molecule has 2 aliphatic rings. The summed E-state index contributed by atoms with van der Waals surface area (Å²) in [5.74, 6) is -0.454. The number of aromatic nitrogens is 2. The van der Waals surface area contributed by atoms with Gasteiger partial charge in [0.15, 0.2) is 6.04 Å². The number of hydrogen-bond acceptors (Lipinski definition) is 5. The van der Waals surface area contributed by atoms with Crippen LogP contribution in [0.2, 0.25) is 5.02 Å². The van der Waals surface area contributed by atoms with Crippen LogP contribution in [0.1, 0.15) is 6.42 Å². The van der Waals surface area contributed by atoms with E-state index >= 15 is 0 Å². The maximum absolute atomic E-state index is 13.4. The molecule has 7 nitrogen and oxygen atoms in total. The minimum Gasteiger partial charge on any atom is -0.330 e. The Hall–Kier alpha value is -2.58. The summed E-state index contributed by atoms with van der Waals surface area (Å²) in [4.78, 5) is 38.1. The SMILES string of the molecule is O=C1C[C@H]([NH+]2CCN(c3ncccn3)CC2)C(=O)N1c1ccc(F)c(Cl)c1. The maximum atomic E-state index is 13.4. The fraction of sp³-hybridized carbons (Fsp3) is 0.333. The standard InChI is InChI=1S/C18H17ClFN5O2/c19-13-10-12(2-3-14(13)20)25-16(26)11-15(17(25)27)23-6-8-24(9-7-23)18-21-4-1-5-22-18/h1-5,10,15H,6-9,11H2/p+1/t15-/m0/s1. The fourth-order valence-corrected chi connectivity index (χ4v) is 3.82. The number of nitrogens with one attached hydrogen (secondary N) is 1. The van der Waals surface area contributed by atoms with Crippen LogP contribution < -0.4 is 14.7 Å². The average Bonchev–Trinajstić information content (AvgIpc) is 2.99. The highest BCUT2D eigenvalue weighted by atomic mass is 35.5. The van der Waals surface area contributed by atoms with Gasteiger partial charge in [0.2, 0.25) is 11.9 Å². The predicted molar refractivity (Wildman–Crippen MR) is 97.2 cm³/mol. The van der Waals surface area contributed by atoms with Crippen molar-refractivity contribution in [2.45, 2.75) is 12.5 Å². The number of anilines is 2. The van der Waals surface area contributed by atoms with Crippen molar-refractivity contribution >= 4 is 35.1 Å². The molecule has 1 aromatic carbocycles. The number of nitrogens with zero attached hydrogens (tertiary/aromatic N) is 4. The first-order chi connectivity index (χ1) is 13.0. The maximum Gasteiger partial charge on any atom is 0.292 e. The van der Waals surface area contributed by atoms with Crippen molar-refractivity contribution < 1.29 is 18.9 Å². The molecule has 2 aliphatic heterocycles. The highest BCUT2D eigenvalue weighted by Crippen LogP contribution is 2.26. The van der Waals surface area contributed by atoms with E-state index in [2.05, 4.69) is 14.9 Å². The number of imide groups is 1. The van der Waals surface area contributed by atoms with Crippen LogP contribution in [0.25, 0.3) is 0 Å². The van der Waals surface area contributed by atoms with Gasteiger partial charge in [-0.15, -0.1) is 0 Å². The highest BCUT2D eigenvalue weighted by molar-refractivity contribution is 6.31. The molecule has 2 fully saturated rings. The molecule has 0 aliphatic carbocycles. The van der Waals surface area contributed by atoms with E-state index in [0.717, 1.165) is 15.9 Å². The monoisotopic (exact) mass is 390 g/mol. The summed E-state index contributed by atoms with van der Waals surface area (Å²) >= 11 is 5.80. The number of carbonyl (C=O) groups is 2. The van der Waals surface area contributed by atoms with E-state index in [1.807, 2.05) is 0 Å². The van der Waals surface area contributed by atoms with Crippen molar-refractivity contribution in [2.24, 2.45) is 0 Å². The van der Waals surface area contributed by atoms with Crippen LogP contribution in [0.3, 0.4) is 0 Å². The third-order valence-electron chi connectivity index (χ3n) is 5.04. The van der Waals surface area contributed by atoms with E-state index in [1.165, 1.54) is 12.1 Å². The van der Waals surface area contributed by atoms with Gasteiger partial charge in [-0.3, -0.25) is 9.59 Å². The Morgan fingerprint density at radius 2 is 1.85 bits per heavy atom. The van der Waals surface area contributed by atoms with Crippen molar-refractivity contribution in [1.82, 2.24) is 9.97 Å². The molecule has 0 unspecified atom stereocenters. The molecular weight excluding hydrogens is 373 g/mol. The summed E-state index contributed by atoms with van der Waals surface area (Å²) in [6, 6.07) is 5.22. The zero-order valence-corrected chi connectivity index (χ0v) is 15.2. The summed E-state index contributed by atoms with van der Waals surface area (Å²) in [6.45, 7) is 2.83. The third-order valence-corrected chi connectivity index (χ3v) is 5.33. The molecule has 0 spiro atoms. The minimum atomic E-state index is -0.582. The lowest BCUT2D eigenvalue weighted by Crippen LogP contribution is -3.19. The second kappa shape index (κ2) is 7.21. The van der Waals surface area contributed by atoms with E-state index in [4.69, 9.17) is 11.6 Å². The Labute approximate surface area is 160 Å². The van der Waals surface area contributed by atoms with Crippen LogP contribution >= 0.6 is 11.6 Å². The van der Waals surface area contributed by atoms with Gasteiger partial charge in [-0.25, -0.2) is 19.3 Å². The fourth-order valence-electron chi connectivity index (χ4n) is 3.64. The van der Waals surface area contributed by atoms with Crippen LogP contribution in [0.4, 0.5) is 16.0 Å². The molecule has 4 rings (SSSR count). The second-order valence-corrected chi connectivity index (χ2v) is 7.02. The Balaban J connectivity index is 1.45. The molecule has 2 amide bonds. The molecule has 0 bridgehead atoms. The van der Waals surface area contributed by atoms with Gasteiger partial charge in [-0.2, -0.15) is 0 Å². The van der Waals surface area contributed by atoms with Crippen molar-refractivity contribution in [3.8, 4) is 0 Å². The smallest absolute Gasteiger partial charge is 0.292 e. The number of carbonyl (C=O) groups excluding carboxylic acids is 2. The van der Waals surface area contributed by atoms with Gasteiger partial charge >= 0.3 is 0 Å². The van der Waals surface area contributed by atoms with E-state index in [-0.39, 0.29) is 23.3 Å². The first kappa shape index (κ1) is 17.8. The normalized spacial score (nSPS) is 21.2. The van der Waals surface area contributed by atoms with E-state index < -0.39 is 11.9 Å². The molecule has 0 radical (unpaired) electrons. The Morgan fingerprint density at radius 3 is 2.52 bits per heavy atom. The third kappa shape index (κ3) is 3.38.